The van der Waals surface area contributed by atoms with Gasteiger partial charge in [0, 0.05) is 25.1 Å². The molecule has 0 aliphatic heterocycles. The van der Waals surface area contributed by atoms with Crippen molar-refractivity contribution in [2.24, 2.45) is 0 Å². The van der Waals surface area contributed by atoms with Crippen molar-refractivity contribution < 1.29 is 9.21 Å². The van der Waals surface area contributed by atoms with E-state index >= 15 is 0 Å². The molecule has 0 unspecified atom stereocenters. The first-order valence-electron chi connectivity index (χ1n) is 9.77. The van der Waals surface area contributed by atoms with Gasteiger partial charge in [0.1, 0.15) is 17.1 Å². The summed E-state index contributed by atoms with van der Waals surface area (Å²) in [4.78, 5) is 25.1. The molecule has 1 N–H and O–H groups in total. The third-order valence-corrected chi connectivity index (χ3v) is 5.11. The van der Waals surface area contributed by atoms with E-state index in [2.05, 4.69) is 10.4 Å². The van der Waals surface area contributed by atoms with Crippen molar-refractivity contribution in [3.05, 3.63) is 70.0 Å². The maximum absolute atomic E-state index is 12.8. The highest BCUT2D eigenvalue weighted by molar-refractivity contribution is 5.83. The summed E-state index contributed by atoms with van der Waals surface area (Å²) in [6.07, 6.45) is 0.865. The maximum atomic E-state index is 12.8. The molecule has 1 aromatic carbocycles. The Labute approximate surface area is 167 Å². The molecule has 7 heteroatoms. The average Bonchev–Trinajstić information content (AvgIpc) is 3.22. The molecule has 0 aliphatic rings. The molecular weight excluding hydrogens is 368 g/mol. The Morgan fingerprint density at radius 3 is 2.69 bits per heavy atom. The second-order valence-electron chi connectivity index (χ2n) is 7.35. The van der Waals surface area contributed by atoms with Gasteiger partial charge in [-0.3, -0.25) is 14.0 Å². The quantitative estimate of drug-likeness (QED) is 0.544. The smallest absolute Gasteiger partial charge is 0.291 e. The van der Waals surface area contributed by atoms with Crippen LogP contribution in [0.1, 0.15) is 43.0 Å². The number of rotatable bonds is 6. The van der Waals surface area contributed by atoms with Crippen LogP contribution in [-0.4, -0.2) is 20.1 Å². The summed E-state index contributed by atoms with van der Waals surface area (Å²) in [7, 11) is 0. The molecule has 29 heavy (non-hydrogen) atoms. The van der Waals surface area contributed by atoms with Crippen molar-refractivity contribution in [3.63, 3.8) is 0 Å². The lowest BCUT2D eigenvalue weighted by molar-refractivity contribution is -0.121. The molecule has 1 atom stereocenters. The van der Waals surface area contributed by atoms with Crippen LogP contribution in [0.4, 0.5) is 0 Å². The van der Waals surface area contributed by atoms with Crippen LogP contribution in [0.3, 0.4) is 0 Å². The van der Waals surface area contributed by atoms with Crippen LogP contribution < -0.4 is 10.9 Å². The van der Waals surface area contributed by atoms with E-state index < -0.39 is 0 Å². The van der Waals surface area contributed by atoms with Gasteiger partial charge in [0.05, 0.1) is 11.6 Å². The van der Waals surface area contributed by atoms with Gasteiger partial charge in [0.15, 0.2) is 5.58 Å². The summed E-state index contributed by atoms with van der Waals surface area (Å²) in [6.45, 7) is 6.08. The summed E-state index contributed by atoms with van der Waals surface area (Å²) >= 11 is 0. The number of furan rings is 1. The van der Waals surface area contributed by atoms with Crippen molar-refractivity contribution in [1.29, 1.82) is 0 Å². The van der Waals surface area contributed by atoms with E-state index in [1.54, 1.807) is 6.07 Å². The third-order valence-electron chi connectivity index (χ3n) is 5.11. The van der Waals surface area contributed by atoms with Crippen LogP contribution >= 0.6 is 0 Å². The fourth-order valence-corrected chi connectivity index (χ4v) is 3.70. The summed E-state index contributed by atoms with van der Waals surface area (Å²) in [5.41, 5.74) is 2.94. The third kappa shape index (κ3) is 3.68. The number of aryl methyl sites for hydroxylation is 3. The number of nitrogens with zero attached hydrogens (tertiary/aromatic N) is 3. The fraction of sp³-hybridized carbons (Fsp3) is 0.318. The van der Waals surface area contributed by atoms with Gasteiger partial charge < -0.3 is 9.73 Å². The van der Waals surface area contributed by atoms with Crippen molar-refractivity contribution in [3.8, 4) is 0 Å². The molecule has 3 heterocycles. The molecule has 0 spiro atoms. The molecule has 0 fully saturated rings. The molecule has 7 nitrogen and oxygen atoms in total. The van der Waals surface area contributed by atoms with Crippen LogP contribution in [0.15, 0.2) is 51.7 Å². The van der Waals surface area contributed by atoms with E-state index in [4.69, 9.17) is 4.42 Å². The van der Waals surface area contributed by atoms with Crippen LogP contribution in [0.2, 0.25) is 0 Å². The molecule has 4 aromatic rings. The summed E-state index contributed by atoms with van der Waals surface area (Å²) in [5, 5.41) is 7.43. The minimum Gasteiger partial charge on any atom is -0.460 e. The second kappa shape index (κ2) is 7.58. The van der Waals surface area contributed by atoms with Crippen LogP contribution in [0.5, 0.6) is 0 Å². The first-order chi connectivity index (χ1) is 13.9. The number of amides is 1. The van der Waals surface area contributed by atoms with E-state index in [1.165, 1.54) is 4.68 Å². The average molecular weight is 392 g/mol. The highest BCUT2D eigenvalue weighted by Crippen LogP contribution is 2.22. The van der Waals surface area contributed by atoms with Crippen LogP contribution in [-0.2, 0) is 11.3 Å². The molecule has 0 bridgehead atoms. The molecule has 0 saturated heterocycles. The minimum absolute atomic E-state index is 0.0390. The van der Waals surface area contributed by atoms with E-state index in [0.717, 1.165) is 16.8 Å². The van der Waals surface area contributed by atoms with Gasteiger partial charge in [-0.15, -0.1) is 0 Å². The van der Waals surface area contributed by atoms with Crippen LogP contribution in [0, 0.1) is 13.8 Å². The van der Waals surface area contributed by atoms with Gasteiger partial charge in [0.2, 0.25) is 5.91 Å². The van der Waals surface area contributed by atoms with E-state index in [-0.39, 0.29) is 17.5 Å². The molecule has 0 saturated carbocycles. The number of benzene rings is 1. The Balaban J connectivity index is 1.44. The first kappa shape index (κ1) is 19.0. The number of carbonyl (C=O) groups excluding carboxylic acids is 1. The largest absolute Gasteiger partial charge is 0.460 e. The second-order valence-corrected chi connectivity index (χ2v) is 7.35. The Morgan fingerprint density at radius 1 is 1.17 bits per heavy atom. The van der Waals surface area contributed by atoms with E-state index in [0.29, 0.717) is 36.3 Å². The summed E-state index contributed by atoms with van der Waals surface area (Å²) in [5.74, 6) is 1.46. The topological polar surface area (TPSA) is 81.5 Å². The lowest BCUT2D eigenvalue weighted by atomic mass is 10.1. The monoisotopic (exact) mass is 392 g/mol. The minimum atomic E-state index is -0.183. The van der Waals surface area contributed by atoms with Gasteiger partial charge in [-0.2, -0.15) is 5.10 Å². The maximum Gasteiger partial charge on any atom is 0.291 e. The van der Waals surface area contributed by atoms with Crippen molar-refractivity contribution in [2.75, 3.05) is 0 Å². The highest BCUT2D eigenvalue weighted by atomic mass is 16.3. The number of hydrogen-bond acceptors (Lipinski definition) is 4. The zero-order valence-electron chi connectivity index (χ0n) is 16.8. The number of carbonyl (C=O) groups is 1. The van der Waals surface area contributed by atoms with Crippen LogP contribution in [0.25, 0.3) is 16.6 Å². The molecule has 150 valence electrons. The molecule has 3 aromatic heterocycles. The Kier molecular flexibility index (Phi) is 4.96. The molecular formula is C22H24N4O3. The van der Waals surface area contributed by atoms with E-state index in [9.17, 15) is 9.59 Å². The normalized spacial score (nSPS) is 12.5. The van der Waals surface area contributed by atoms with Gasteiger partial charge in [-0.25, -0.2) is 4.68 Å². The van der Waals surface area contributed by atoms with Crippen molar-refractivity contribution in [1.82, 2.24) is 19.5 Å². The number of aromatic nitrogens is 3. The Bertz CT molecular complexity index is 1230. The Hall–Kier alpha value is -3.35. The molecule has 4 rings (SSSR count). The van der Waals surface area contributed by atoms with Gasteiger partial charge in [-0.05, 0) is 32.8 Å². The summed E-state index contributed by atoms with van der Waals surface area (Å²) < 4.78 is 8.89. The van der Waals surface area contributed by atoms with Gasteiger partial charge in [0.25, 0.3) is 5.56 Å². The molecule has 0 radical (unpaired) electrons. The number of nitrogens with one attached hydrogen (secondary N) is 1. The fourth-order valence-electron chi connectivity index (χ4n) is 3.70. The van der Waals surface area contributed by atoms with E-state index in [1.807, 2.05) is 61.6 Å². The SMILES string of the molecule is Cc1cc2c(cc3c(=O)n(CCCC(=O)N[C@@H](C)c4ccccc4)nc(C)n32)o1. The molecule has 0 aliphatic carbocycles. The summed E-state index contributed by atoms with van der Waals surface area (Å²) in [6, 6.07) is 13.4. The number of hydrogen-bond donors (Lipinski definition) is 1. The lowest BCUT2D eigenvalue weighted by Crippen LogP contribution is -2.29. The highest BCUT2D eigenvalue weighted by Gasteiger charge is 2.15. The predicted octanol–water partition coefficient (Wildman–Crippen LogP) is 3.52. The Morgan fingerprint density at radius 2 is 1.93 bits per heavy atom. The van der Waals surface area contributed by atoms with Gasteiger partial charge >= 0.3 is 0 Å². The standard InChI is InChI=1S/C22H24N4O3/c1-14-12-18-20(29-14)13-19-22(28)25(24-16(3)26(18)19)11-7-10-21(27)23-15(2)17-8-5-4-6-9-17/h4-6,8-9,12-13,15H,7,10-11H2,1-3H3,(H,23,27)/t15-/m0/s1. The lowest BCUT2D eigenvalue weighted by Gasteiger charge is -2.14. The zero-order chi connectivity index (χ0) is 20.5. The van der Waals surface area contributed by atoms with Crippen molar-refractivity contribution in [2.45, 2.75) is 46.2 Å². The first-order valence-corrected chi connectivity index (χ1v) is 9.77. The zero-order valence-corrected chi connectivity index (χ0v) is 16.8. The van der Waals surface area contributed by atoms with Gasteiger partial charge in [-0.1, -0.05) is 30.3 Å². The predicted molar refractivity (Wildman–Crippen MR) is 111 cm³/mol. The van der Waals surface area contributed by atoms with Crippen molar-refractivity contribution >= 4 is 22.5 Å². The number of fused-ring (bicyclic) bond motifs is 3. The molecule has 1 amide bonds.